The van der Waals surface area contributed by atoms with Crippen LogP contribution in [0.3, 0.4) is 0 Å². The van der Waals surface area contributed by atoms with Crippen LogP contribution in [0.25, 0.3) is 0 Å². The molecule has 0 aromatic heterocycles. The highest BCUT2D eigenvalue weighted by molar-refractivity contribution is 5.17. The fraction of sp³-hybridized carbons (Fsp3) is 0.250. The molecule has 0 aliphatic carbocycles. The minimum atomic E-state index is -4.36. The quantitative estimate of drug-likeness (QED) is 0.537. The zero-order valence-electron chi connectivity index (χ0n) is 4.12. The normalized spacial score (nSPS) is 19.2. The van der Waals surface area contributed by atoms with Crippen LogP contribution in [0.1, 0.15) is 0 Å². The van der Waals surface area contributed by atoms with Crippen LogP contribution >= 0.6 is 0 Å². The predicted molar refractivity (Wildman–Crippen MR) is 21.6 cm³/mol. The van der Waals surface area contributed by atoms with Crippen molar-refractivity contribution in [2.24, 2.45) is 0 Å². The molecule has 0 spiro atoms. The summed E-state index contributed by atoms with van der Waals surface area (Å²) in [6.07, 6.45) is -3.80. The number of hydrogen-bond acceptors (Lipinski definition) is 2. The zero-order valence-corrected chi connectivity index (χ0v) is 4.12. The third kappa shape index (κ3) is 1.35. The van der Waals surface area contributed by atoms with Crippen molar-refractivity contribution in [1.29, 1.82) is 0 Å². The highest BCUT2D eigenvalue weighted by Gasteiger charge is 2.36. The lowest BCUT2D eigenvalue weighted by Gasteiger charge is -2.01. The molecule has 0 aromatic rings. The maximum atomic E-state index is 11.5. The van der Waals surface area contributed by atoms with Crippen molar-refractivity contribution in [3.8, 4) is 0 Å². The summed E-state index contributed by atoms with van der Waals surface area (Å²) in [5, 5.41) is 0. The third-order valence-electron chi connectivity index (χ3n) is 0.727. The number of hydrogen-bond donors (Lipinski definition) is 1. The minimum Gasteiger partial charge on any atom is -0.415 e. The van der Waals surface area contributed by atoms with Gasteiger partial charge in [0.05, 0.1) is 5.57 Å². The molecule has 50 valence electrons. The van der Waals surface area contributed by atoms with Gasteiger partial charge in [0.2, 0.25) is 0 Å². The lowest BCUT2D eigenvalue weighted by atomic mass is 10.3. The molecule has 0 atom stereocenters. The monoisotopic (exact) mass is 137 g/mol. The summed E-state index contributed by atoms with van der Waals surface area (Å²) >= 11 is 0. The minimum absolute atomic E-state index is 0.556. The second-order valence-corrected chi connectivity index (χ2v) is 1.37. The summed E-state index contributed by atoms with van der Waals surface area (Å²) < 4.78 is 34.5. The Hall–Kier alpha value is -0.710. The van der Waals surface area contributed by atoms with Crippen LogP contribution < -0.4 is 5.48 Å². The SMILES string of the molecule is FC(F)(F)C1=CON[C]1. The van der Waals surface area contributed by atoms with Crippen LogP contribution in [0.2, 0.25) is 0 Å². The van der Waals surface area contributed by atoms with Crippen LogP contribution in [0.5, 0.6) is 0 Å². The number of halogens is 3. The highest BCUT2D eigenvalue weighted by atomic mass is 19.4. The average molecular weight is 137 g/mol. The van der Waals surface area contributed by atoms with Crippen molar-refractivity contribution < 1.29 is 18.0 Å². The number of rotatable bonds is 0. The van der Waals surface area contributed by atoms with Crippen LogP contribution in [0.4, 0.5) is 13.2 Å². The molecular weight excluding hydrogens is 135 g/mol. The fourth-order valence-corrected chi connectivity index (χ4v) is 0.340. The standard InChI is InChI=1S/C4H2F3NO/c5-4(6,7)3-1-8-9-2-3/h2,8H. The van der Waals surface area contributed by atoms with E-state index < -0.39 is 11.7 Å². The van der Waals surface area contributed by atoms with E-state index in [4.69, 9.17) is 0 Å². The maximum absolute atomic E-state index is 11.5. The first-order chi connectivity index (χ1) is 4.11. The molecule has 1 heterocycles. The van der Waals surface area contributed by atoms with E-state index in [-0.39, 0.29) is 0 Å². The van der Waals surface area contributed by atoms with Crippen LogP contribution in [0.15, 0.2) is 11.8 Å². The van der Waals surface area contributed by atoms with Crippen LogP contribution in [-0.2, 0) is 4.84 Å². The summed E-state index contributed by atoms with van der Waals surface area (Å²) in [7, 11) is 0. The van der Waals surface area contributed by atoms with Crippen LogP contribution in [-0.4, -0.2) is 6.18 Å². The molecule has 9 heavy (non-hydrogen) atoms. The van der Waals surface area contributed by atoms with Gasteiger partial charge in [0.15, 0.2) is 0 Å². The molecule has 1 rings (SSSR count). The van der Waals surface area contributed by atoms with Gasteiger partial charge < -0.3 is 4.84 Å². The van der Waals surface area contributed by atoms with Crippen molar-refractivity contribution in [2.75, 3.05) is 0 Å². The van der Waals surface area contributed by atoms with Gasteiger partial charge in [-0.25, -0.2) is 0 Å². The van der Waals surface area contributed by atoms with Crippen molar-refractivity contribution >= 4 is 0 Å². The van der Waals surface area contributed by atoms with Gasteiger partial charge in [-0.15, -0.1) is 5.48 Å². The molecule has 2 radical (unpaired) electrons. The number of hydroxylamine groups is 1. The molecule has 0 saturated heterocycles. The molecule has 0 bridgehead atoms. The summed E-state index contributed by atoms with van der Waals surface area (Å²) in [5.41, 5.74) is 0.888. The summed E-state index contributed by atoms with van der Waals surface area (Å²) in [6.45, 7) is 1.76. The summed E-state index contributed by atoms with van der Waals surface area (Å²) in [4.78, 5) is 4.04. The largest absolute Gasteiger partial charge is 0.417 e. The second-order valence-electron chi connectivity index (χ2n) is 1.37. The second kappa shape index (κ2) is 1.91. The average Bonchev–Trinajstić information content (AvgIpc) is 2.08. The Bertz CT molecular complexity index is 139. The first-order valence-corrected chi connectivity index (χ1v) is 2.05. The Morgan fingerprint density at radius 3 is 2.44 bits per heavy atom. The zero-order chi connectivity index (χ0) is 6.91. The van der Waals surface area contributed by atoms with Crippen molar-refractivity contribution in [3.05, 3.63) is 18.4 Å². The van der Waals surface area contributed by atoms with Crippen molar-refractivity contribution in [1.82, 2.24) is 5.48 Å². The molecular formula is C4H2F3NO. The molecule has 1 aliphatic rings. The Kier molecular flexibility index (Phi) is 1.36. The fourth-order valence-electron chi connectivity index (χ4n) is 0.340. The molecule has 0 saturated carbocycles. The third-order valence-corrected chi connectivity index (χ3v) is 0.727. The molecule has 1 N–H and O–H groups in total. The lowest BCUT2D eigenvalue weighted by molar-refractivity contribution is -0.0896. The van der Waals surface area contributed by atoms with E-state index in [0.717, 1.165) is 0 Å². The van der Waals surface area contributed by atoms with E-state index in [0.29, 0.717) is 6.26 Å². The molecule has 0 aromatic carbocycles. The van der Waals surface area contributed by atoms with Crippen molar-refractivity contribution in [2.45, 2.75) is 6.18 Å². The van der Waals surface area contributed by atoms with Gasteiger partial charge in [-0.2, -0.15) is 13.2 Å². The van der Waals surface area contributed by atoms with Crippen molar-refractivity contribution in [3.63, 3.8) is 0 Å². The van der Waals surface area contributed by atoms with Gasteiger partial charge in [-0.3, -0.25) is 0 Å². The summed E-state index contributed by atoms with van der Waals surface area (Å²) in [5.74, 6) is 0. The molecule has 2 nitrogen and oxygen atoms in total. The van der Waals surface area contributed by atoms with E-state index in [1.165, 1.54) is 0 Å². The van der Waals surface area contributed by atoms with E-state index in [9.17, 15) is 13.2 Å². The van der Waals surface area contributed by atoms with Gasteiger partial charge in [0.1, 0.15) is 12.8 Å². The highest BCUT2D eigenvalue weighted by Crippen LogP contribution is 2.28. The lowest BCUT2D eigenvalue weighted by Crippen LogP contribution is -2.12. The molecule has 5 heteroatoms. The van der Waals surface area contributed by atoms with E-state index in [1.807, 2.05) is 5.48 Å². The summed E-state index contributed by atoms with van der Waals surface area (Å²) in [6, 6.07) is 0. The molecule has 0 fully saturated rings. The molecule has 1 aliphatic heterocycles. The van der Waals surface area contributed by atoms with Gasteiger partial charge in [-0.1, -0.05) is 0 Å². The first kappa shape index (κ1) is 6.41. The molecule has 0 amide bonds. The molecule has 0 unspecified atom stereocenters. The Labute approximate surface area is 49.3 Å². The topological polar surface area (TPSA) is 21.3 Å². The maximum Gasteiger partial charge on any atom is 0.417 e. The van der Waals surface area contributed by atoms with Gasteiger partial charge >= 0.3 is 6.18 Å². The smallest absolute Gasteiger partial charge is 0.415 e. The Morgan fingerprint density at radius 1 is 1.56 bits per heavy atom. The number of nitrogens with one attached hydrogen (secondary N) is 1. The van der Waals surface area contributed by atoms with Gasteiger partial charge in [-0.05, 0) is 0 Å². The van der Waals surface area contributed by atoms with E-state index in [1.54, 1.807) is 6.54 Å². The Balaban J connectivity index is 2.61. The van der Waals surface area contributed by atoms with Gasteiger partial charge in [0.25, 0.3) is 0 Å². The predicted octanol–water partition coefficient (Wildman–Crippen LogP) is 1.01. The van der Waals surface area contributed by atoms with E-state index in [2.05, 4.69) is 4.84 Å². The van der Waals surface area contributed by atoms with Gasteiger partial charge in [0, 0.05) is 0 Å². The van der Waals surface area contributed by atoms with E-state index >= 15 is 0 Å². The number of alkyl halides is 3. The Morgan fingerprint density at radius 2 is 2.22 bits per heavy atom. The first-order valence-electron chi connectivity index (χ1n) is 2.05. The van der Waals surface area contributed by atoms with Crippen LogP contribution in [0, 0.1) is 6.54 Å².